The summed E-state index contributed by atoms with van der Waals surface area (Å²) in [6, 6.07) is 23.3. The number of ether oxygens (including phenoxy) is 1. The second-order valence-electron chi connectivity index (χ2n) is 7.19. The highest BCUT2D eigenvalue weighted by Gasteiger charge is 2.15. The zero-order valence-electron chi connectivity index (χ0n) is 16.7. The molecule has 1 aromatic heterocycles. The minimum absolute atomic E-state index is 0.0700. The Kier molecular flexibility index (Phi) is 5.70. The number of hydrogen-bond acceptors (Lipinski definition) is 4. The SMILES string of the molecule is CC(NC(=O)COC(=O)Cc1cccc2cccnc12)c1cccc2ccccc12. The number of fused-ring (bicyclic) bond motifs is 2. The molecule has 0 aliphatic rings. The molecule has 0 radical (unpaired) electrons. The molecule has 0 spiro atoms. The molecule has 1 unspecified atom stereocenters. The fraction of sp³-hybridized carbons (Fsp3) is 0.160. The van der Waals surface area contributed by atoms with Crippen LogP contribution < -0.4 is 5.32 Å². The number of esters is 1. The van der Waals surface area contributed by atoms with Crippen LogP contribution in [0.5, 0.6) is 0 Å². The van der Waals surface area contributed by atoms with Crippen LogP contribution in [0, 0.1) is 0 Å². The van der Waals surface area contributed by atoms with Gasteiger partial charge in [0.05, 0.1) is 18.0 Å². The van der Waals surface area contributed by atoms with Gasteiger partial charge in [-0.3, -0.25) is 14.6 Å². The smallest absolute Gasteiger partial charge is 0.310 e. The van der Waals surface area contributed by atoms with Crippen molar-refractivity contribution < 1.29 is 14.3 Å². The number of pyridine rings is 1. The second-order valence-corrected chi connectivity index (χ2v) is 7.19. The molecule has 5 nitrogen and oxygen atoms in total. The molecule has 1 amide bonds. The van der Waals surface area contributed by atoms with Gasteiger partial charge in [-0.15, -0.1) is 0 Å². The van der Waals surface area contributed by atoms with Gasteiger partial charge in [0, 0.05) is 11.6 Å². The second kappa shape index (κ2) is 8.74. The Hall–Kier alpha value is -3.73. The van der Waals surface area contributed by atoms with Gasteiger partial charge >= 0.3 is 5.97 Å². The largest absolute Gasteiger partial charge is 0.455 e. The van der Waals surface area contributed by atoms with Crippen LogP contribution in [0.1, 0.15) is 24.1 Å². The van der Waals surface area contributed by atoms with E-state index in [-0.39, 0.29) is 25.0 Å². The molecule has 30 heavy (non-hydrogen) atoms. The third-order valence-electron chi connectivity index (χ3n) is 5.08. The van der Waals surface area contributed by atoms with Gasteiger partial charge in [-0.25, -0.2) is 0 Å². The molecule has 150 valence electrons. The van der Waals surface area contributed by atoms with E-state index in [2.05, 4.69) is 10.3 Å². The summed E-state index contributed by atoms with van der Waals surface area (Å²) in [6.45, 7) is 1.61. The first-order valence-corrected chi connectivity index (χ1v) is 9.87. The zero-order chi connectivity index (χ0) is 20.9. The minimum Gasteiger partial charge on any atom is -0.455 e. The van der Waals surface area contributed by atoms with Crippen LogP contribution in [0.4, 0.5) is 0 Å². The van der Waals surface area contributed by atoms with E-state index >= 15 is 0 Å². The van der Waals surface area contributed by atoms with Crippen molar-refractivity contribution in [1.29, 1.82) is 0 Å². The number of amides is 1. The standard InChI is InChI=1S/C25H22N2O3/c1-17(21-13-5-8-18-7-2-3-12-22(18)21)27-23(28)16-30-24(29)15-20-10-4-9-19-11-6-14-26-25(19)20/h2-14,17H,15-16H2,1H3,(H,27,28). The molecule has 5 heteroatoms. The molecule has 0 aliphatic carbocycles. The van der Waals surface area contributed by atoms with Crippen LogP contribution in [0.2, 0.25) is 0 Å². The predicted octanol–water partition coefficient (Wildman–Crippen LogP) is 4.35. The Morgan fingerprint density at radius 2 is 1.67 bits per heavy atom. The molecule has 1 atom stereocenters. The highest BCUT2D eigenvalue weighted by molar-refractivity contribution is 5.88. The van der Waals surface area contributed by atoms with E-state index in [0.29, 0.717) is 0 Å². The maximum atomic E-state index is 12.3. The lowest BCUT2D eigenvalue weighted by Crippen LogP contribution is -2.31. The molecular weight excluding hydrogens is 376 g/mol. The summed E-state index contributed by atoms with van der Waals surface area (Å²) in [6.07, 6.45) is 1.76. The fourth-order valence-electron chi connectivity index (χ4n) is 3.65. The summed E-state index contributed by atoms with van der Waals surface area (Å²) in [5, 5.41) is 6.08. The van der Waals surface area contributed by atoms with Crippen molar-refractivity contribution >= 4 is 33.6 Å². The van der Waals surface area contributed by atoms with Gasteiger partial charge in [0.1, 0.15) is 0 Å². The molecule has 0 saturated heterocycles. The molecular formula is C25H22N2O3. The van der Waals surface area contributed by atoms with E-state index in [1.54, 1.807) is 6.20 Å². The first kappa shape index (κ1) is 19.6. The normalized spacial score (nSPS) is 11.9. The lowest BCUT2D eigenvalue weighted by molar-refractivity contribution is -0.148. The first-order chi connectivity index (χ1) is 14.6. The summed E-state index contributed by atoms with van der Waals surface area (Å²) in [5.41, 5.74) is 2.57. The topological polar surface area (TPSA) is 68.3 Å². The van der Waals surface area contributed by atoms with Crippen LogP contribution in [0.15, 0.2) is 79.0 Å². The van der Waals surface area contributed by atoms with Gasteiger partial charge in [-0.2, -0.15) is 0 Å². The van der Waals surface area contributed by atoms with Crippen molar-refractivity contribution in [2.24, 2.45) is 0 Å². The minimum atomic E-state index is -0.457. The summed E-state index contributed by atoms with van der Waals surface area (Å²) in [7, 11) is 0. The predicted molar refractivity (Wildman–Crippen MR) is 117 cm³/mol. The van der Waals surface area contributed by atoms with Crippen LogP contribution in [0.25, 0.3) is 21.7 Å². The number of carbonyl (C=O) groups is 2. The summed E-state index contributed by atoms with van der Waals surface area (Å²) < 4.78 is 5.20. The third-order valence-corrected chi connectivity index (χ3v) is 5.08. The highest BCUT2D eigenvalue weighted by atomic mass is 16.5. The number of nitrogens with one attached hydrogen (secondary N) is 1. The monoisotopic (exact) mass is 398 g/mol. The summed E-state index contributed by atoms with van der Waals surface area (Å²) in [5.74, 6) is -0.791. The number of aromatic nitrogens is 1. The highest BCUT2D eigenvalue weighted by Crippen LogP contribution is 2.24. The van der Waals surface area contributed by atoms with Gasteiger partial charge < -0.3 is 10.1 Å². The van der Waals surface area contributed by atoms with Crippen molar-refractivity contribution in [3.8, 4) is 0 Å². The van der Waals surface area contributed by atoms with Gasteiger partial charge in [0.25, 0.3) is 5.91 Å². The Labute approximate surface area is 174 Å². The molecule has 1 N–H and O–H groups in total. The summed E-state index contributed by atoms with van der Waals surface area (Å²) in [4.78, 5) is 28.9. The van der Waals surface area contributed by atoms with Crippen LogP contribution in [-0.4, -0.2) is 23.5 Å². The zero-order valence-corrected chi connectivity index (χ0v) is 16.7. The molecule has 0 aliphatic heterocycles. The van der Waals surface area contributed by atoms with Crippen molar-refractivity contribution in [3.05, 3.63) is 90.1 Å². The van der Waals surface area contributed by atoms with Gasteiger partial charge in [-0.05, 0) is 34.9 Å². The average molecular weight is 398 g/mol. The molecule has 3 aromatic carbocycles. The van der Waals surface area contributed by atoms with Crippen LogP contribution >= 0.6 is 0 Å². The lowest BCUT2D eigenvalue weighted by Gasteiger charge is -2.16. The molecule has 0 bridgehead atoms. The van der Waals surface area contributed by atoms with E-state index in [4.69, 9.17) is 4.74 Å². The van der Waals surface area contributed by atoms with E-state index in [1.807, 2.05) is 79.7 Å². The van der Waals surface area contributed by atoms with Gasteiger partial charge in [0.15, 0.2) is 6.61 Å². The number of carbonyl (C=O) groups excluding carboxylic acids is 2. The summed E-state index contributed by atoms with van der Waals surface area (Å²) >= 11 is 0. The maximum absolute atomic E-state index is 12.3. The Bertz CT molecular complexity index is 1210. The van der Waals surface area contributed by atoms with Gasteiger partial charge in [-0.1, -0.05) is 66.7 Å². The number of para-hydroxylation sites is 1. The van der Waals surface area contributed by atoms with Crippen molar-refractivity contribution in [3.63, 3.8) is 0 Å². The maximum Gasteiger partial charge on any atom is 0.310 e. The van der Waals surface area contributed by atoms with E-state index in [1.165, 1.54) is 0 Å². The number of nitrogens with zero attached hydrogens (tertiary/aromatic N) is 1. The van der Waals surface area contributed by atoms with E-state index in [0.717, 1.165) is 32.8 Å². The molecule has 0 fully saturated rings. The Morgan fingerprint density at radius 1 is 0.933 bits per heavy atom. The Balaban J connectivity index is 1.35. The Morgan fingerprint density at radius 3 is 2.57 bits per heavy atom. The van der Waals surface area contributed by atoms with E-state index < -0.39 is 5.97 Å². The fourth-order valence-corrected chi connectivity index (χ4v) is 3.65. The third kappa shape index (κ3) is 4.30. The number of benzene rings is 3. The van der Waals surface area contributed by atoms with Crippen LogP contribution in [-0.2, 0) is 20.7 Å². The number of hydrogen-bond donors (Lipinski definition) is 1. The van der Waals surface area contributed by atoms with Gasteiger partial charge in [0.2, 0.25) is 0 Å². The molecule has 1 heterocycles. The van der Waals surface area contributed by atoms with Crippen LogP contribution in [0.3, 0.4) is 0 Å². The van der Waals surface area contributed by atoms with Crippen molar-refractivity contribution in [2.75, 3.05) is 6.61 Å². The van der Waals surface area contributed by atoms with Crippen molar-refractivity contribution in [1.82, 2.24) is 10.3 Å². The molecule has 4 aromatic rings. The molecule has 4 rings (SSSR count). The quantitative estimate of drug-likeness (QED) is 0.490. The number of rotatable bonds is 6. The van der Waals surface area contributed by atoms with Crippen molar-refractivity contribution in [2.45, 2.75) is 19.4 Å². The average Bonchev–Trinajstić information content (AvgIpc) is 2.77. The first-order valence-electron chi connectivity index (χ1n) is 9.87. The lowest BCUT2D eigenvalue weighted by atomic mass is 10.00. The molecule has 0 saturated carbocycles. The van der Waals surface area contributed by atoms with E-state index in [9.17, 15) is 9.59 Å².